The minimum Gasteiger partial charge on any atom is -0.379 e. The molecule has 1 aliphatic heterocycles. The van der Waals surface area contributed by atoms with E-state index >= 15 is 0 Å². The van der Waals surface area contributed by atoms with Crippen LogP contribution < -0.4 is 11.1 Å². The molecule has 5 N–H and O–H groups in total. The molecule has 2 aromatic rings. The lowest BCUT2D eigenvalue weighted by molar-refractivity contribution is -0.142. The molecule has 10 heteroatoms. The van der Waals surface area contributed by atoms with Gasteiger partial charge in [0.15, 0.2) is 6.29 Å². The Morgan fingerprint density at radius 1 is 1.12 bits per heavy atom. The van der Waals surface area contributed by atoms with Crippen LogP contribution in [0.15, 0.2) is 24.3 Å². The van der Waals surface area contributed by atoms with E-state index in [4.69, 9.17) is 15.2 Å². The number of alkyl halides is 1. The molecule has 1 aromatic carbocycles. The molecule has 1 unspecified atom stereocenters. The van der Waals surface area contributed by atoms with Crippen molar-refractivity contribution in [1.29, 1.82) is 0 Å². The summed E-state index contributed by atoms with van der Waals surface area (Å²) in [5.74, 6) is 0.489. The summed E-state index contributed by atoms with van der Waals surface area (Å²) in [6, 6.07) is 6.44. The summed E-state index contributed by atoms with van der Waals surface area (Å²) in [5.41, 5.74) is 7.94. The number of anilines is 1. The van der Waals surface area contributed by atoms with E-state index in [9.17, 15) is 19.1 Å². The highest BCUT2D eigenvalue weighted by molar-refractivity contribution is 5.99. The van der Waals surface area contributed by atoms with Crippen LogP contribution in [0.25, 0.3) is 10.9 Å². The Labute approximate surface area is 254 Å². The number of fused-ring (bicyclic) bond motifs is 1. The second kappa shape index (κ2) is 14.5. The monoisotopic (exact) mass is 600 g/mol. The Morgan fingerprint density at radius 3 is 2.56 bits per heavy atom. The number of amides is 2. The van der Waals surface area contributed by atoms with Crippen LogP contribution in [0.4, 0.5) is 10.1 Å². The fourth-order valence-corrected chi connectivity index (χ4v) is 7.58. The number of nitrogens with two attached hydrogens (primary N) is 1. The summed E-state index contributed by atoms with van der Waals surface area (Å²) in [4.78, 5) is 33.0. The first kappa shape index (κ1) is 31.9. The van der Waals surface area contributed by atoms with Gasteiger partial charge in [0.1, 0.15) is 12.7 Å². The number of aliphatic hydroxyl groups excluding tert-OH is 1. The number of methoxy groups -OCH3 is 1. The number of ether oxygens (including phenoxy) is 2. The van der Waals surface area contributed by atoms with Gasteiger partial charge in [-0.05, 0) is 81.0 Å². The quantitative estimate of drug-likeness (QED) is 0.267. The fourth-order valence-electron chi connectivity index (χ4n) is 7.58. The highest BCUT2D eigenvalue weighted by Gasteiger charge is 2.47. The summed E-state index contributed by atoms with van der Waals surface area (Å²) in [5, 5.41) is 14.4. The van der Waals surface area contributed by atoms with Gasteiger partial charge >= 0.3 is 0 Å². The van der Waals surface area contributed by atoms with Crippen molar-refractivity contribution in [1.82, 2.24) is 9.88 Å². The van der Waals surface area contributed by atoms with Crippen molar-refractivity contribution in [2.24, 2.45) is 29.4 Å². The van der Waals surface area contributed by atoms with Gasteiger partial charge in [0.2, 0.25) is 11.8 Å². The summed E-state index contributed by atoms with van der Waals surface area (Å²) in [6.07, 6.45) is 8.27. The number of aliphatic hydroxyl groups is 1. The van der Waals surface area contributed by atoms with Gasteiger partial charge in [-0.25, -0.2) is 4.39 Å². The Bertz CT molecular complexity index is 1230. The average molecular weight is 601 g/mol. The molecule has 5 atom stereocenters. The number of H-pyrrole nitrogens is 1. The number of hydrogen-bond donors (Lipinski definition) is 4. The number of nitrogens with zero attached hydrogens (tertiary/aromatic N) is 1. The van der Waals surface area contributed by atoms with Gasteiger partial charge in [0.25, 0.3) is 0 Å². The number of rotatable bonds is 11. The average Bonchev–Trinajstić information content (AvgIpc) is 3.68. The first-order valence-electron chi connectivity index (χ1n) is 16.2. The lowest BCUT2D eigenvalue weighted by Gasteiger charge is -2.36. The largest absolute Gasteiger partial charge is 0.379 e. The molecule has 9 nitrogen and oxygen atoms in total. The highest BCUT2D eigenvalue weighted by atomic mass is 19.1. The molecular formula is C33H49FN4O5. The van der Waals surface area contributed by atoms with Gasteiger partial charge in [0, 0.05) is 42.2 Å². The molecule has 238 valence electrons. The Hall–Kier alpha value is -2.53. The second-order valence-electron chi connectivity index (χ2n) is 13.0. The number of carbonyl (C=O) groups is 2. The molecule has 2 aliphatic carbocycles. The van der Waals surface area contributed by atoms with Gasteiger partial charge in [-0.2, -0.15) is 0 Å². The third kappa shape index (κ3) is 7.41. The zero-order valence-electron chi connectivity index (χ0n) is 25.6. The fraction of sp³-hybridized carbons (Fsp3) is 0.697. The van der Waals surface area contributed by atoms with E-state index in [2.05, 4.69) is 10.3 Å². The standard InChI is InChI=1S/C33H49FN4O5/c1-20(42-2)19-43-33(41)29-17-24-16-25(12-13-28(24)37-29)36-31(39)30-26(21-6-4-3-5-7-21)14-15-38(30)32(40)23-10-8-22(9-11-23)27(35)18-34/h12-13,16-17,20-23,26-27,30,33,37,41H,3-11,14-15,18-19,35H2,1-2H3,(H,36,39)/t20-,22?,23?,26-,27+,30-,33?/m0/s1. The highest BCUT2D eigenvalue weighted by Crippen LogP contribution is 2.41. The summed E-state index contributed by atoms with van der Waals surface area (Å²) in [6.45, 7) is 2.18. The van der Waals surface area contributed by atoms with Crippen LogP contribution in [-0.4, -0.2) is 71.9 Å². The molecule has 0 bridgehead atoms. The van der Waals surface area contributed by atoms with Crippen molar-refractivity contribution in [2.75, 3.05) is 32.3 Å². The van der Waals surface area contributed by atoms with Crippen LogP contribution in [0.2, 0.25) is 0 Å². The van der Waals surface area contributed by atoms with Crippen LogP contribution >= 0.6 is 0 Å². The summed E-state index contributed by atoms with van der Waals surface area (Å²) < 4.78 is 23.8. The summed E-state index contributed by atoms with van der Waals surface area (Å²) >= 11 is 0. The second-order valence-corrected chi connectivity index (χ2v) is 13.0. The minimum atomic E-state index is -1.12. The van der Waals surface area contributed by atoms with Crippen molar-refractivity contribution in [2.45, 2.75) is 95.6 Å². The molecule has 0 radical (unpaired) electrons. The molecule has 2 heterocycles. The van der Waals surface area contributed by atoms with Crippen molar-refractivity contribution >= 4 is 28.4 Å². The van der Waals surface area contributed by atoms with Crippen LogP contribution in [0, 0.1) is 23.7 Å². The van der Waals surface area contributed by atoms with Gasteiger partial charge < -0.3 is 35.5 Å². The molecule has 5 rings (SSSR count). The zero-order valence-corrected chi connectivity index (χ0v) is 25.6. The number of nitrogens with one attached hydrogen (secondary N) is 2. The molecule has 1 aromatic heterocycles. The SMILES string of the molecule is CO[C@@H](C)COC(O)c1cc2cc(NC(=O)[C@@H]3[C@H](C4CCCCC4)CCN3C(=O)C3CCC([C@H](N)CF)CC3)ccc2[nH]1. The number of carbonyl (C=O) groups excluding carboxylic acids is 2. The predicted octanol–water partition coefficient (Wildman–Crippen LogP) is 5.05. The van der Waals surface area contributed by atoms with Crippen LogP contribution in [-0.2, 0) is 19.1 Å². The van der Waals surface area contributed by atoms with Crippen LogP contribution in [0.3, 0.4) is 0 Å². The lowest BCUT2D eigenvalue weighted by Crippen LogP contribution is -2.50. The topological polar surface area (TPSA) is 130 Å². The zero-order chi connectivity index (χ0) is 30.5. The Morgan fingerprint density at radius 2 is 1.86 bits per heavy atom. The van der Waals surface area contributed by atoms with E-state index in [1.165, 1.54) is 19.3 Å². The van der Waals surface area contributed by atoms with Crippen LogP contribution in [0.5, 0.6) is 0 Å². The maximum atomic E-state index is 14.0. The number of likely N-dealkylation sites (tertiary alicyclic amines) is 1. The van der Waals surface area contributed by atoms with Crippen LogP contribution in [0.1, 0.15) is 83.1 Å². The van der Waals surface area contributed by atoms with E-state index in [0.717, 1.165) is 43.0 Å². The molecule has 1 saturated heterocycles. The number of halogens is 1. The number of hydrogen-bond acceptors (Lipinski definition) is 6. The number of benzene rings is 1. The normalized spacial score (nSPS) is 27.2. The molecule has 3 fully saturated rings. The molecular weight excluding hydrogens is 551 g/mol. The molecule has 2 saturated carbocycles. The molecule has 3 aliphatic rings. The molecule has 2 amide bonds. The first-order chi connectivity index (χ1) is 20.8. The first-order valence-corrected chi connectivity index (χ1v) is 16.2. The molecule has 43 heavy (non-hydrogen) atoms. The number of aromatic nitrogens is 1. The summed E-state index contributed by atoms with van der Waals surface area (Å²) in [7, 11) is 1.59. The van der Waals surface area contributed by atoms with Gasteiger partial charge in [0.05, 0.1) is 18.4 Å². The Kier molecular flexibility index (Phi) is 10.8. The van der Waals surface area contributed by atoms with Gasteiger partial charge in [-0.3, -0.25) is 9.59 Å². The smallest absolute Gasteiger partial charge is 0.247 e. The molecule has 0 spiro atoms. The van der Waals surface area contributed by atoms with E-state index in [1.54, 1.807) is 7.11 Å². The minimum absolute atomic E-state index is 0.0632. The van der Waals surface area contributed by atoms with Crippen molar-refractivity contribution in [3.63, 3.8) is 0 Å². The Balaban J connectivity index is 1.30. The van der Waals surface area contributed by atoms with E-state index in [1.807, 2.05) is 36.1 Å². The van der Waals surface area contributed by atoms with E-state index < -0.39 is 25.0 Å². The third-order valence-corrected chi connectivity index (χ3v) is 10.2. The van der Waals surface area contributed by atoms with Crippen molar-refractivity contribution in [3.8, 4) is 0 Å². The van der Waals surface area contributed by atoms with E-state index in [-0.39, 0.29) is 42.3 Å². The van der Waals surface area contributed by atoms with Crippen molar-refractivity contribution in [3.05, 3.63) is 30.0 Å². The van der Waals surface area contributed by atoms with Gasteiger partial charge in [-0.1, -0.05) is 32.1 Å². The number of aromatic amines is 1. The maximum absolute atomic E-state index is 14.0. The van der Waals surface area contributed by atoms with E-state index in [0.29, 0.717) is 36.7 Å². The third-order valence-electron chi connectivity index (χ3n) is 10.2. The predicted molar refractivity (Wildman–Crippen MR) is 164 cm³/mol. The van der Waals surface area contributed by atoms with Gasteiger partial charge in [-0.15, -0.1) is 0 Å². The lowest BCUT2D eigenvalue weighted by atomic mass is 9.76. The maximum Gasteiger partial charge on any atom is 0.247 e. The van der Waals surface area contributed by atoms with Crippen molar-refractivity contribution < 1.29 is 28.6 Å².